The third-order valence-corrected chi connectivity index (χ3v) is 4.46. The largest absolute Gasteiger partial charge is 0.358 e. The molecule has 3 rings (SSSR count). The number of ketones is 2. The zero-order valence-corrected chi connectivity index (χ0v) is 10.4. The van der Waals surface area contributed by atoms with E-state index in [9.17, 15) is 9.59 Å². The molecule has 0 amide bonds. The lowest BCUT2D eigenvalue weighted by molar-refractivity contribution is -0.131. The number of carbonyl (C=O) groups is 2. The van der Waals surface area contributed by atoms with Crippen molar-refractivity contribution in [2.75, 3.05) is 0 Å². The fourth-order valence-electron chi connectivity index (χ4n) is 3.24. The molecule has 2 heterocycles. The Morgan fingerprint density at radius 2 is 2.00 bits per heavy atom. The first-order valence-electron chi connectivity index (χ1n) is 5.86. The molecule has 4 nitrogen and oxygen atoms in total. The second-order valence-electron chi connectivity index (χ2n) is 5.86. The minimum atomic E-state index is -0.680. The number of Topliss-reactive ketones (excluding diaryl/α,β-unsaturated/α-hetero) is 1. The number of hydrogen-bond acceptors (Lipinski definition) is 4. The molecule has 3 aliphatic rings. The maximum absolute atomic E-state index is 12.2. The van der Waals surface area contributed by atoms with E-state index >= 15 is 0 Å². The Bertz CT molecular complexity index is 464. The highest BCUT2D eigenvalue weighted by molar-refractivity contribution is 5.96. The predicted molar refractivity (Wildman–Crippen MR) is 59.5 cm³/mol. The van der Waals surface area contributed by atoms with Crippen LogP contribution in [0.2, 0.25) is 0 Å². The summed E-state index contributed by atoms with van der Waals surface area (Å²) in [5, 5.41) is 0. The summed E-state index contributed by atoms with van der Waals surface area (Å²) in [4.78, 5) is 23.3. The molecule has 0 radical (unpaired) electrons. The van der Waals surface area contributed by atoms with Crippen LogP contribution in [0.1, 0.15) is 27.7 Å². The molecule has 2 aliphatic heterocycles. The summed E-state index contributed by atoms with van der Waals surface area (Å²) in [5.74, 6) is 0.0324. The number of hydrogen-bond donors (Lipinski definition) is 0. The molecule has 0 bridgehead atoms. The number of allylic oxidation sites excluding steroid dienone is 1. The fourth-order valence-corrected chi connectivity index (χ4v) is 3.24. The first kappa shape index (κ1) is 11.1. The van der Waals surface area contributed by atoms with E-state index in [0.717, 1.165) is 0 Å². The van der Waals surface area contributed by atoms with Gasteiger partial charge in [-0.2, -0.15) is 0 Å². The van der Waals surface area contributed by atoms with Gasteiger partial charge in [-0.25, -0.2) is 0 Å². The van der Waals surface area contributed by atoms with Gasteiger partial charge in [0, 0.05) is 0 Å². The number of fused-ring (bicyclic) bond motifs is 3. The summed E-state index contributed by atoms with van der Waals surface area (Å²) in [6.07, 6.45) is 2.78. The van der Waals surface area contributed by atoms with Crippen LogP contribution in [-0.2, 0) is 19.1 Å². The van der Waals surface area contributed by atoms with E-state index < -0.39 is 16.6 Å². The predicted octanol–water partition coefficient (Wildman–Crippen LogP) is 1.04. The summed E-state index contributed by atoms with van der Waals surface area (Å²) in [6, 6.07) is 0. The average Bonchev–Trinajstić information content (AvgIpc) is 3.07. The minimum absolute atomic E-state index is 0.0423. The third kappa shape index (κ3) is 1.06. The van der Waals surface area contributed by atoms with Gasteiger partial charge in [-0.05, 0) is 39.8 Å². The highest BCUT2D eigenvalue weighted by atomic mass is 16.7. The van der Waals surface area contributed by atoms with Gasteiger partial charge in [0.05, 0.1) is 5.41 Å². The van der Waals surface area contributed by atoms with Crippen molar-refractivity contribution in [1.82, 2.24) is 0 Å². The van der Waals surface area contributed by atoms with Crippen molar-refractivity contribution < 1.29 is 19.1 Å². The van der Waals surface area contributed by atoms with Crippen molar-refractivity contribution in [3.63, 3.8) is 0 Å². The average molecular weight is 236 g/mol. The zero-order chi connectivity index (χ0) is 12.6. The van der Waals surface area contributed by atoms with Gasteiger partial charge in [-0.3, -0.25) is 9.59 Å². The number of rotatable bonds is 2. The molecule has 0 aromatic rings. The van der Waals surface area contributed by atoms with E-state index in [1.54, 1.807) is 6.08 Å². The van der Waals surface area contributed by atoms with Gasteiger partial charge >= 0.3 is 0 Å². The van der Waals surface area contributed by atoms with Crippen LogP contribution >= 0.6 is 0 Å². The molecule has 92 valence electrons. The SMILES string of the molecule is CC(=O)C=CC12OC1(C)C1OC1C(=O)C2(C)C. The Morgan fingerprint density at radius 3 is 2.59 bits per heavy atom. The first-order chi connectivity index (χ1) is 7.76. The number of ether oxygens (including phenoxy) is 2. The van der Waals surface area contributed by atoms with E-state index in [2.05, 4.69) is 0 Å². The second kappa shape index (κ2) is 2.70. The third-order valence-electron chi connectivity index (χ3n) is 4.46. The molecular formula is C13H16O4. The molecule has 4 heteroatoms. The van der Waals surface area contributed by atoms with Gasteiger partial charge in [0.25, 0.3) is 0 Å². The van der Waals surface area contributed by atoms with Crippen LogP contribution in [0.3, 0.4) is 0 Å². The maximum atomic E-state index is 12.2. The lowest BCUT2D eigenvalue weighted by atomic mass is 9.63. The van der Waals surface area contributed by atoms with E-state index in [4.69, 9.17) is 9.47 Å². The molecule has 0 spiro atoms. The lowest BCUT2D eigenvalue weighted by Gasteiger charge is -2.32. The minimum Gasteiger partial charge on any atom is -0.358 e. The van der Waals surface area contributed by atoms with Crippen molar-refractivity contribution >= 4 is 11.6 Å². The zero-order valence-electron chi connectivity index (χ0n) is 10.4. The van der Waals surface area contributed by atoms with Gasteiger partial charge in [0.15, 0.2) is 11.6 Å². The normalized spacial score (nSPS) is 49.8. The van der Waals surface area contributed by atoms with Crippen LogP contribution in [0, 0.1) is 5.41 Å². The molecule has 4 unspecified atom stereocenters. The first-order valence-corrected chi connectivity index (χ1v) is 5.86. The van der Waals surface area contributed by atoms with Crippen LogP contribution < -0.4 is 0 Å². The summed E-state index contributed by atoms with van der Waals surface area (Å²) >= 11 is 0. The topological polar surface area (TPSA) is 59.2 Å². The summed E-state index contributed by atoms with van der Waals surface area (Å²) in [7, 11) is 0. The molecular weight excluding hydrogens is 220 g/mol. The van der Waals surface area contributed by atoms with Crippen molar-refractivity contribution in [3.05, 3.63) is 12.2 Å². The molecule has 2 saturated heterocycles. The fraction of sp³-hybridized carbons (Fsp3) is 0.692. The van der Waals surface area contributed by atoms with E-state index in [-0.39, 0.29) is 23.8 Å². The molecule has 0 aromatic carbocycles. The highest BCUT2D eigenvalue weighted by Crippen LogP contribution is 2.69. The van der Waals surface area contributed by atoms with E-state index in [0.29, 0.717) is 0 Å². The van der Waals surface area contributed by atoms with Crippen molar-refractivity contribution in [3.8, 4) is 0 Å². The second-order valence-corrected chi connectivity index (χ2v) is 5.86. The van der Waals surface area contributed by atoms with Crippen molar-refractivity contribution in [2.24, 2.45) is 5.41 Å². The van der Waals surface area contributed by atoms with E-state index in [1.807, 2.05) is 20.8 Å². The summed E-state index contributed by atoms with van der Waals surface area (Å²) in [6.45, 7) is 7.17. The Morgan fingerprint density at radius 1 is 1.35 bits per heavy atom. The Kier molecular flexibility index (Phi) is 1.76. The van der Waals surface area contributed by atoms with Gasteiger partial charge in [0.2, 0.25) is 0 Å². The Balaban J connectivity index is 2.04. The monoisotopic (exact) mass is 236 g/mol. The molecule has 0 N–H and O–H groups in total. The maximum Gasteiger partial charge on any atom is 0.173 e. The van der Waals surface area contributed by atoms with Crippen LogP contribution in [0.25, 0.3) is 0 Å². The standard InChI is InChI=1S/C13H16O4/c1-7(14)5-6-13-11(2,3)9(15)8-10(16-8)12(13,4)17-13/h5-6,8,10H,1-4H3. The summed E-state index contributed by atoms with van der Waals surface area (Å²) in [5.41, 5.74) is -1.78. The molecule has 0 aromatic heterocycles. The van der Waals surface area contributed by atoms with Crippen LogP contribution in [-0.4, -0.2) is 35.0 Å². The van der Waals surface area contributed by atoms with Crippen molar-refractivity contribution in [2.45, 2.75) is 51.1 Å². The van der Waals surface area contributed by atoms with Crippen molar-refractivity contribution in [1.29, 1.82) is 0 Å². The highest BCUT2D eigenvalue weighted by Gasteiger charge is 2.86. The van der Waals surface area contributed by atoms with Crippen LogP contribution in [0.4, 0.5) is 0 Å². The molecule has 3 fully saturated rings. The van der Waals surface area contributed by atoms with Gasteiger partial charge in [-0.15, -0.1) is 0 Å². The Hall–Kier alpha value is -1.00. The Labute approximate surface area is 100.0 Å². The molecule has 1 saturated carbocycles. The molecule has 1 aliphatic carbocycles. The van der Waals surface area contributed by atoms with Gasteiger partial charge in [-0.1, -0.05) is 0 Å². The van der Waals surface area contributed by atoms with E-state index in [1.165, 1.54) is 13.0 Å². The quantitative estimate of drug-likeness (QED) is 0.531. The molecule has 17 heavy (non-hydrogen) atoms. The van der Waals surface area contributed by atoms with Gasteiger partial charge in [0.1, 0.15) is 23.4 Å². The van der Waals surface area contributed by atoms with Crippen LogP contribution in [0.5, 0.6) is 0 Å². The number of epoxide rings is 2. The molecule has 4 atom stereocenters. The lowest BCUT2D eigenvalue weighted by Crippen LogP contribution is -2.51. The number of carbonyl (C=O) groups excluding carboxylic acids is 2. The van der Waals surface area contributed by atoms with Crippen LogP contribution in [0.15, 0.2) is 12.2 Å². The smallest absolute Gasteiger partial charge is 0.173 e. The summed E-state index contributed by atoms with van der Waals surface area (Å²) < 4.78 is 11.3. The van der Waals surface area contributed by atoms with Gasteiger partial charge < -0.3 is 9.47 Å².